The number of ether oxygens (including phenoxy) is 1. The molecule has 3 rings (SSSR count). The van der Waals surface area contributed by atoms with Gasteiger partial charge in [0, 0.05) is 13.6 Å². The fourth-order valence-electron chi connectivity index (χ4n) is 3.01. The molecule has 0 spiro atoms. The Morgan fingerprint density at radius 3 is 2.35 bits per heavy atom. The molecule has 4 nitrogen and oxygen atoms in total. The van der Waals surface area contributed by atoms with Gasteiger partial charge in [-0.2, -0.15) is 0 Å². The molecule has 0 saturated carbocycles. The van der Waals surface area contributed by atoms with E-state index in [4.69, 9.17) is 4.74 Å². The molecule has 1 aromatic heterocycles. The van der Waals surface area contributed by atoms with E-state index >= 15 is 0 Å². The molecule has 0 fully saturated rings. The van der Waals surface area contributed by atoms with E-state index in [2.05, 4.69) is 19.9 Å². The zero-order valence-corrected chi connectivity index (χ0v) is 13.9. The Balaban J connectivity index is 1.67. The lowest BCUT2D eigenvalue weighted by molar-refractivity contribution is 0.301. The average Bonchev–Trinajstić information content (AvgIpc) is 2.75. The van der Waals surface area contributed by atoms with E-state index in [1.807, 2.05) is 48.0 Å². The lowest BCUT2D eigenvalue weighted by Crippen LogP contribution is -2.23. The maximum Gasteiger partial charge on any atom is 0.328 e. The summed E-state index contributed by atoms with van der Waals surface area (Å²) in [7, 11) is 1.81. The highest BCUT2D eigenvalue weighted by atomic mass is 16.5. The van der Waals surface area contributed by atoms with Crippen molar-refractivity contribution in [2.45, 2.75) is 26.8 Å². The number of hydrogen-bond donors (Lipinski definition) is 0. The van der Waals surface area contributed by atoms with Crippen LogP contribution in [0.1, 0.15) is 17.5 Å². The first-order valence-electron chi connectivity index (χ1n) is 7.91. The molecule has 0 N–H and O–H groups in total. The van der Waals surface area contributed by atoms with Gasteiger partial charge >= 0.3 is 5.69 Å². The highest BCUT2D eigenvalue weighted by Gasteiger charge is 2.09. The molecule has 0 aliphatic rings. The maximum absolute atomic E-state index is 12.3. The van der Waals surface area contributed by atoms with Crippen molar-refractivity contribution < 1.29 is 4.74 Å². The van der Waals surface area contributed by atoms with Gasteiger partial charge in [0.05, 0.1) is 17.6 Å². The summed E-state index contributed by atoms with van der Waals surface area (Å²) in [5.74, 6) is 0.896. The highest BCUT2D eigenvalue weighted by molar-refractivity contribution is 5.75. The Morgan fingerprint density at radius 1 is 1.00 bits per heavy atom. The molecule has 0 amide bonds. The van der Waals surface area contributed by atoms with Gasteiger partial charge in [-0.1, -0.05) is 18.2 Å². The third-order valence-corrected chi connectivity index (χ3v) is 4.04. The Kier molecular flexibility index (Phi) is 4.24. The smallest absolute Gasteiger partial charge is 0.328 e. The fraction of sp³-hybridized carbons (Fsp3) is 0.316. The molecule has 4 heteroatoms. The van der Waals surface area contributed by atoms with Crippen LogP contribution in [0.2, 0.25) is 0 Å². The topological polar surface area (TPSA) is 36.2 Å². The van der Waals surface area contributed by atoms with Crippen LogP contribution in [0.5, 0.6) is 5.75 Å². The molecule has 0 aliphatic heterocycles. The Bertz CT molecular complexity index is 870. The highest BCUT2D eigenvalue weighted by Crippen LogP contribution is 2.17. The first-order valence-corrected chi connectivity index (χ1v) is 7.91. The van der Waals surface area contributed by atoms with E-state index < -0.39 is 0 Å². The SMILES string of the molecule is Cc1cc(C)cc(OCCCn2c(=O)n(C)c3ccccc32)c1. The van der Waals surface area contributed by atoms with Crippen molar-refractivity contribution in [3.8, 4) is 5.75 Å². The molecule has 0 radical (unpaired) electrons. The Labute approximate surface area is 135 Å². The zero-order chi connectivity index (χ0) is 16.4. The summed E-state index contributed by atoms with van der Waals surface area (Å²) in [5.41, 5.74) is 4.37. The second-order valence-electron chi connectivity index (χ2n) is 6.01. The fourth-order valence-corrected chi connectivity index (χ4v) is 3.01. The Hall–Kier alpha value is -2.49. The number of nitrogens with zero attached hydrogens (tertiary/aromatic N) is 2. The van der Waals surface area contributed by atoms with Crippen LogP contribution in [0.15, 0.2) is 47.3 Å². The van der Waals surface area contributed by atoms with Crippen LogP contribution in [-0.4, -0.2) is 15.7 Å². The number of imidazole rings is 1. The third-order valence-electron chi connectivity index (χ3n) is 4.04. The van der Waals surface area contributed by atoms with Crippen LogP contribution in [0.25, 0.3) is 11.0 Å². The number of benzene rings is 2. The van der Waals surface area contributed by atoms with Gasteiger partial charge in [-0.3, -0.25) is 9.13 Å². The van der Waals surface area contributed by atoms with Crippen LogP contribution in [0, 0.1) is 13.8 Å². The zero-order valence-electron chi connectivity index (χ0n) is 13.9. The quantitative estimate of drug-likeness (QED) is 0.677. The molecule has 0 saturated heterocycles. The predicted octanol–water partition coefficient (Wildman–Crippen LogP) is 3.43. The molecule has 0 bridgehead atoms. The lowest BCUT2D eigenvalue weighted by atomic mass is 10.1. The van der Waals surface area contributed by atoms with Gasteiger partial charge in [-0.15, -0.1) is 0 Å². The molecule has 2 aromatic carbocycles. The second kappa shape index (κ2) is 6.32. The van der Waals surface area contributed by atoms with Gasteiger partial charge < -0.3 is 4.74 Å². The summed E-state index contributed by atoms with van der Waals surface area (Å²) in [6.45, 7) is 5.38. The summed E-state index contributed by atoms with van der Waals surface area (Å²) in [4.78, 5) is 12.3. The molecular formula is C19H22N2O2. The van der Waals surface area contributed by atoms with Crippen LogP contribution in [-0.2, 0) is 13.6 Å². The summed E-state index contributed by atoms with van der Waals surface area (Å²) in [6.07, 6.45) is 0.793. The van der Waals surface area contributed by atoms with Crippen molar-refractivity contribution in [2.24, 2.45) is 7.05 Å². The van der Waals surface area contributed by atoms with E-state index in [1.165, 1.54) is 11.1 Å². The number of aryl methyl sites for hydroxylation is 4. The molecular weight excluding hydrogens is 288 g/mol. The number of fused-ring (bicyclic) bond motifs is 1. The van der Waals surface area contributed by atoms with Gasteiger partial charge in [-0.25, -0.2) is 4.79 Å². The van der Waals surface area contributed by atoms with Crippen molar-refractivity contribution in [1.82, 2.24) is 9.13 Å². The first kappa shape index (κ1) is 15.4. The Morgan fingerprint density at radius 2 is 1.65 bits per heavy atom. The van der Waals surface area contributed by atoms with E-state index in [0.717, 1.165) is 23.2 Å². The monoisotopic (exact) mass is 310 g/mol. The van der Waals surface area contributed by atoms with Crippen molar-refractivity contribution in [1.29, 1.82) is 0 Å². The normalized spacial score (nSPS) is 11.1. The minimum absolute atomic E-state index is 0.0256. The van der Waals surface area contributed by atoms with E-state index in [1.54, 1.807) is 4.57 Å². The summed E-state index contributed by atoms with van der Waals surface area (Å²) in [6, 6.07) is 14.1. The van der Waals surface area contributed by atoms with Crippen molar-refractivity contribution in [2.75, 3.05) is 6.61 Å². The van der Waals surface area contributed by atoms with Gasteiger partial charge in [0.25, 0.3) is 0 Å². The number of rotatable bonds is 5. The van der Waals surface area contributed by atoms with Crippen LogP contribution < -0.4 is 10.4 Å². The average molecular weight is 310 g/mol. The van der Waals surface area contributed by atoms with Gasteiger partial charge in [0.2, 0.25) is 0 Å². The minimum Gasteiger partial charge on any atom is -0.494 e. The number of para-hydroxylation sites is 2. The maximum atomic E-state index is 12.3. The van der Waals surface area contributed by atoms with Crippen molar-refractivity contribution in [3.05, 3.63) is 64.1 Å². The second-order valence-corrected chi connectivity index (χ2v) is 6.01. The first-order chi connectivity index (χ1) is 11.1. The van der Waals surface area contributed by atoms with Crippen molar-refractivity contribution >= 4 is 11.0 Å². The molecule has 0 aliphatic carbocycles. The van der Waals surface area contributed by atoms with Gasteiger partial charge in [-0.05, 0) is 55.7 Å². The van der Waals surface area contributed by atoms with Crippen LogP contribution in [0.3, 0.4) is 0 Å². The van der Waals surface area contributed by atoms with Gasteiger partial charge in [0.1, 0.15) is 5.75 Å². The van der Waals surface area contributed by atoms with Crippen molar-refractivity contribution in [3.63, 3.8) is 0 Å². The largest absolute Gasteiger partial charge is 0.494 e. The number of aromatic nitrogens is 2. The molecule has 0 unspecified atom stereocenters. The molecule has 3 aromatic rings. The standard InChI is InChI=1S/C19H22N2O2/c1-14-11-15(2)13-16(12-14)23-10-6-9-21-18-8-5-4-7-17(18)20(3)19(21)22/h4-5,7-8,11-13H,6,9-10H2,1-3H3. The van der Waals surface area contributed by atoms with E-state index in [-0.39, 0.29) is 5.69 Å². The molecule has 1 heterocycles. The van der Waals surface area contributed by atoms with Crippen LogP contribution >= 0.6 is 0 Å². The third kappa shape index (κ3) is 3.16. The van der Waals surface area contributed by atoms with E-state index in [0.29, 0.717) is 13.2 Å². The molecule has 23 heavy (non-hydrogen) atoms. The predicted molar refractivity (Wildman–Crippen MR) is 93.2 cm³/mol. The summed E-state index contributed by atoms with van der Waals surface area (Å²) in [5, 5.41) is 0. The molecule has 0 atom stereocenters. The van der Waals surface area contributed by atoms with E-state index in [9.17, 15) is 4.79 Å². The minimum atomic E-state index is 0.0256. The lowest BCUT2D eigenvalue weighted by Gasteiger charge is -2.08. The summed E-state index contributed by atoms with van der Waals surface area (Å²) < 4.78 is 9.34. The van der Waals surface area contributed by atoms with Gasteiger partial charge in [0.15, 0.2) is 0 Å². The molecule has 120 valence electrons. The summed E-state index contributed by atoms with van der Waals surface area (Å²) >= 11 is 0. The number of hydrogen-bond acceptors (Lipinski definition) is 2. The van der Waals surface area contributed by atoms with Crippen LogP contribution in [0.4, 0.5) is 0 Å².